The van der Waals surface area contributed by atoms with Crippen LogP contribution in [0.4, 0.5) is 5.69 Å². The van der Waals surface area contributed by atoms with Gasteiger partial charge in [-0.1, -0.05) is 48.7 Å². The van der Waals surface area contributed by atoms with Gasteiger partial charge in [0.25, 0.3) is 0 Å². The van der Waals surface area contributed by atoms with Crippen LogP contribution < -0.4 is 4.90 Å². The van der Waals surface area contributed by atoms with Crippen molar-refractivity contribution in [3.05, 3.63) is 28.8 Å². The summed E-state index contributed by atoms with van der Waals surface area (Å²) < 4.78 is 0. The lowest BCUT2D eigenvalue weighted by atomic mass is 9.96. The van der Waals surface area contributed by atoms with Crippen LogP contribution in [-0.2, 0) is 4.79 Å². The minimum absolute atomic E-state index is 0. The summed E-state index contributed by atoms with van der Waals surface area (Å²) in [5.74, 6) is 0.851. The molecule has 1 unspecified atom stereocenters. The van der Waals surface area contributed by atoms with Crippen molar-refractivity contribution in [2.24, 2.45) is 4.99 Å². The van der Waals surface area contributed by atoms with Crippen molar-refractivity contribution in [1.82, 2.24) is 4.90 Å². The van der Waals surface area contributed by atoms with E-state index in [0.717, 1.165) is 22.2 Å². The molecule has 4 nitrogen and oxygen atoms in total. The summed E-state index contributed by atoms with van der Waals surface area (Å²) >= 11 is 8.03. The molecule has 1 aliphatic heterocycles. The fourth-order valence-electron chi connectivity index (χ4n) is 3.53. The minimum Gasteiger partial charge on any atom is -0.333 e. The Morgan fingerprint density at radius 1 is 1.31 bits per heavy atom. The van der Waals surface area contributed by atoms with E-state index in [1.165, 1.54) is 32.1 Å². The number of nitrogens with zero attached hydrogens (tertiary/aromatic N) is 3. The second-order valence-electron chi connectivity index (χ2n) is 6.93. The molecule has 1 saturated heterocycles. The monoisotopic (exact) mass is 415 g/mol. The zero-order chi connectivity index (χ0) is 18.0. The lowest BCUT2D eigenvalue weighted by molar-refractivity contribution is -0.117. The number of benzene rings is 1. The molecule has 0 N–H and O–H groups in total. The average molecular weight is 416 g/mol. The molecule has 7 heteroatoms. The first-order valence-corrected chi connectivity index (χ1v) is 10.3. The Kier molecular flexibility index (Phi) is 7.68. The lowest BCUT2D eigenvalue weighted by Gasteiger charge is -2.33. The van der Waals surface area contributed by atoms with Gasteiger partial charge in [-0.15, -0.1) is 12.4 Å². The third kappa shape index (κ3) is 4.68. The summed E-state index contributed by atoms with van der Waals surface area (Å²) in [5.41, 5.74) is 1.86. The van der Waals surface area contributed by atoms with Crippen molar-refractivity contribution in [3.63, 3.8) is 0 Å². The summed E-state index contributed by atoms with van der Waals surface area (Å²) in [7, 11) is 2.04. The number of anilines is 1. The number of amides is 1. The van der Waals surface area contributed by atoms with Crippen LogP contribution in [0.15, 0.2) is 23.2 Å². The maximum atomic E-state index is 12.4. The van der Waals surface area contributed by atoms with Crippen molar-refractivity contribution in [2.75, 3.05) is 17.7 Å². The fourth-order valence-corrected chi connectivity index (χ4v) is 4.92. The Bertz CT molecular complexity index is 677. The van der Waals surface area contributed by atoms with Gasteiger partial charge in [-0.05, 0) is 37.5 Å². The number of halogens is 2. The first-order chi connectivity index (χ1) is 12.0. The van der Waals surface area contributed by atoms with Crippen molar-refractivity contribution >= 4 is 52.5 Å². The van der Waals surface area contributed by atoms with Crippen molar-refractivity contribution < 1.29 is 4.79 Å². The van der Waals surface area contributed by atoms with Gasteiger partial charge in [0.15, 0.2) is 5.17 Å². The molecule has 1 amide bonds. The Labute approximate surface area is 171 Å². The molecule has 1 heterocycles. The number of carbonyl (C=O) groups is 1. The zero-order valence-corrected chi connectivity index (χ0v) is 18.0. The van der Waals surface area contributed by atoms with E-state index in [-0.39, 0.29) is 24.5 Å². The Morgan fingerprint density at radius 2 is 2.00 bits per heavy atom. The molecule has 26 heavy (non-hydrogen) atoms. The van der Waals surface area contributed by atoms with Gasteiger partial charge in [0.05, 0.1) is 6.04 Å². The van der Waals surface area contributed by atoms with Crippen molar-refractivity contribution in [1.29, 1.82) is 0 Å². The van der Waals surface area contributed by atoms with Crippen LogP contribution in [0.25, 0.3) is 0 Å². The van der Waals surface area contributed by atoms with Gasteiger partial charge in [0.1, 0.15) is 6.17 Å². The molecule has 0 bridgehead atoms. The summed E-state index contributed by atoms with van der Waals surface area (Å²) in [4.78, 5) is 21.3. The highest BCUT2D eigenvalue weighted by atomic mass is 35.5. The molecule has 1 saturated carbocycles. The smallest absolute Gasteiger partial charge is 0.225 e. The zero-order valence-electron chi connectivity index (χ0n) is 15.6. The van der Waals surface area contributed by atoms with Gasteiger partial charge in [0.2, 0.25) is 5.91 Å². The number of rotatable bonds is 3. The van der Waals surface area contributed by atoms with Gasteiger partial charge in [-0.25, -0.2) is 0 Å². The third-order valence-corrected chi connectivity index (χ3v) is 6.57. The molecule has 1 aromatic carbocycles. The topological polar surface area (TPSA) is 35.9 Å². The van der Waals surface area contributed by atoms with Crippen LogP contribution in [0.5, 0.6) is 0 Å². The maximum absolute atomic E-state index is 12.4. The Morgan fingerprint density at radius 3 is 2.62 bits per heavy atom. The van der Waals surface area contributed by atoms with E-state index in [4.69, 9.17) is 16.6 Å². The van der Waals surface area contributed by atoms with E-state index in [2.05, 4.69) is 4.90 Å². The fraction of sp³-hybridized carbons (Fsp3) is 0.579. The Balaban J connectivity index is 0.00000243. The number of aliphatic imine (C=N–C) groups is 1. The van der Waals surface area contributed by atoms with E-state index < -0.39 is 0 Å². The second-order valence-corrected chi connectivity index (χ2v) is 8.32. The number of amidine groups is 1. The van der Waals surface area contributed by atoms with Crippen LogP contribution in [0.3, 0.4) is 0 Å². The van der Waals surface area contributed by atoms with Gasteiger partial charge in [-0.2, -0.15) is 0 Å². The summed E-state index contributed by atoms with van der Waals surface area (Å²) in [6.45, 7) is 3.58. The van der Waals surface area contributed by atoms with Crippen LogP contribution in [0.2, 0.25) is 5.02 Å². The number of hydrogen-bond donors (Lipinski definition) is 0. The molecule has 0 spiro atoms. The molecular weight excluding hydrogens is 389 g/mol. The molecule has 2 aliphatic rings. The van der Waals surface area contributed by atoms with Gasteiger partial charge in [0, 0.05) is 30.4 Å². The first-order valence-electron chi connectivity index (χ1n) is 8.96. The number of carbonyl (C=O) groups excluding carboxylic acids is 1. The predicted octanol–water partition coefficient (Wildman–Crippen LogP) is 5.12. The molecule has 0 aromatic heterocycles. The molecule has 144 valence electrons. The van der Waals surface area contributed by atoms with Gasteiger partial charge in [-0.3, -0.25) is 14.7 Å². The second kappa shape index (κ2) is 9.34. The van der Waals surface area contributed by atoms with E-state index in [0.29, 0.717) is 11.1 Å². The molecular formula is C19H27Cl2N3OS. The highest BCUT2D eigenvalue weighted by molar-refractivity contribution is 8.14. The molecule has 2 fully saturated rings. The van der Waals surface area contributed by atoms with E-state index >= 15 is 0 Å². The van der Waals surface area contributed by atoms with E-state index in [1.807, 2.05) is 37.1 Å². The number of hydrogen-bond acceptors (Lipinski definition) is 3. The quantitative estimate of drug-likeness (QED) is 0.687. The Hall–Kier alpha value is -0.910. The highest BCUT2D eigenvalue weighted by Crippen LogP contribution is 2.32. The van der Waals surface area contributed by atoms with E-state index in [1.54, 1.807) is 18.7 Å². The van der Waals surface area contributed by atoms with E-state index in [9.17, 15) is 4.79 Å². The average Bonchev–Trinajstić information content (AvgIpc) is 2.93. The summed E-state index contributed by atoms with van der Waals surface area (Å²) in [6.07, 6.45) is 6.24. The standard InChI is InChI=1S/C19H26ClN3OS.ClH/c1-13-9-10-16(11-17(13)20)23(14(2)24)18-12-25-19(22(18)3)21-15-7-5-4-6-8-15;/h9-11,15,18H,4-8,12H2,1-3H3;1H. The molecule has 1 aliphatic carbocycles. The van der Waals surface area contributed by atoms with Crippen LogP contribution >= 0.6 is 35.8 Å². The first kappa shape index (κ1) is 21.4. The van der Waals surface area contributed by atoms with Crippen LogP contribution in [0, 0.1) is 6.92 Å². The normalized spacial score (nSPS) is 22.4. The molecule has 1 atom stereocenters. The number of thioether (sulfide) groups is 1. The molecule has 0 radical (unpaired) electrons. The molecule has 1 aromatic rings. The van der Waals surface area contributed by atoms with Crippen LogP contribution in [0.1, 0.15) is 44.6 Å². The number of aryl methyl sites for hydroxylation is 1. The van der Waals surface area contributed by atoms with Crippen molar-refractivity contribution in [2.45, 2.75) is 58.2 Å². The minimum atomic E-state index is -0.0244. The largest absolute Gasteiger partial charge is 0.333 e. The third-order valence-electron chi connectivity index (χ3n) is 5.05. The van der Waals surface area contributed by atoms with Gasteiger partial charge >= 0.3 is 0 Å². The van der Waals surface area contributed by atoms with Gasteiger partial charge < -0.3 is 4.90 Å². The van der Waals surface area contributed by atoms with Crippen molar-refractivity contribution in [3.8, 4) is 0 Å². The van der Waals surface area contributed by atoms with Crippen LogP contribution in [-0.4, -0.2) is 41.0 Å². The lowest BCUT2D eigenvalue weighted by Crippen LogP contribution is -2.48. The maximum Gasteiger partial charge on any atom is 0.225 e. The predicted molar refractivity (Wildman–Crippen MR) is 115 cm³/mol. The summed E-state index contributed by atoms with van der Waals surface area (Å²) in [6, 6.07) is 6.26. The highest BCUT2D eigenvalue weighted by Gasteiger charge is 2.35. The summed E-state index contributed by atoms with van der Waals surface area (Å²) in [5, 5.41) is 1.74. The molecule has 3 rings (SSSR count). The SMILES string of the molecule is CC(=O)N(c1ccc(C)c(Cl)c1)C1CSC(=NC2CCCCC2)N1C.Cl.